The summed E-state index contributed by atoms with van der Waals surface area (Å²) in [7, 11) is 0. The van der Waals surface area contributed by atoms with Gasteiger partial charge >= 0.3 is 0 Å². The minimum absolute atomic E-state index is 0.0127. The van der Waals surface area contributed by atoms with Crippen LogP contribution in [0.3, 0.4) is 0 Å². The largest absolute Gasteiger partial charge is 0.491 e. The van der Waals surface area contributed by atoms with Gasteiger partial charge in [0.1, 0.15) is 18.5 Å². The zero-order valence-corrected chi connectivity index (χ0v) is 18.3. The van der Waals surface area contributed by atoms with Crippen LogP contribution in [-0.4, -0.2) is 61.3 Å². The quantitative estimate of drug-likeness (QED) is 0.649. The number of unbranched alkanes of at least 4 members (excludes halogenated alkanes) is 1. The first-order valence-corrected chi connectivity index (χ1v) is 11.4. The molecule has 0 radical (unpaired) electrons. The minimum Gasteiger partial charge on any atom is -0.491 e. The number of nitrogens with zero attached hydrogens (tertiary/aromatic N) is 2. The highest BCUT2D eigenvalue weighted by Gasteiger charge is 2.21. The maximum atomic E-state index is 11.5. The van der Waals surface area contributed by atoms with Crippen LogP contribution in [0.1, 0.15) is 30.9 Å². The zero-order valence-electron chi connectivity index (χ0n) is 18.3. The normalized spacial score (nSPS) is 17.4. The van der Waals surface area contributed by atoms with Gasteiger partial charge in [-0.15, -0.1) is 0 Å². The Morgan fingerprint density at radius 3 is 2.61 bits per heavy atom. The average molecular weight is 424 g/mol. The molecule has 2 aliphatic heterocycles. The number of β-amino-alcohol motifs (C(OH)–C–C–N with tert-alkyl or cyclic N) is 1. The van der Waals surface area contributed by atoms with Crippen LogP contribution in [0.4, 0.5) is 11.4 Å². The number of hydrogen-bond donors (Lipinski definition) is 2. The van der Waals surface area contributed by atoms with Crippen LogP contribution >= 0.6 is 0 Å². The molecule has 1 atom stereocenters. The topological polar surface area (TPSA) is 65.0 Å². The second kappa shape index (κ2) is 10.2. The van der Waals surface area contributed by atoms with E-state index in [-0.39, 0.29) is 12.5 Å². The van der Waals surface area contributed by atoms with Crippen molar-refractivity contribution in [2.45, 2.75) is 38.7 Å². The molecule has 1 saturated heterocycles. The summed E-state index contributed by atoms with van der Waals surface area (Å²) < 4.78 is 5.77. The molecule has 0 spiro atoms. The molecule has 1 fully saturated rings. The summed E-state index contributed by atoms with van der Waals surface area (Å²) in [5, 5.41) is 13.3. The fourth-order valence-corrected chi connectivity index (χ4v) is 4.28. The number of anilines is 2. The van der Waals surface area contributed by atoms with Crippen LogP contribution in [0.5, 0.6) is 5.75 Å². The molecule has 2 aromatic rings. The Morgan fingerprint density at radius 2 is 1.87 bits per heavy atom. The Labute approximate surface area is 184 Å². The molecule has 166 valence electrons. The number of rotatable bonds is 9. The molecule has 1 amide bonds. The van der Waals surface area contributed by atoms with Crippen LogP contribution in [0, 0.1) is 0 Å². The van der Waals surface area contributed by atoms with Crippen molar-refractivity contribution in [3.8, 4) is 5.75 Å². The van der Waals surface area contributed by atoms with E-state index in [0.29, 0.717) is 18.7 Å². The number of ether oxygens (including phenoxy) is 1. The van der Waals surface area contributed by atoms with Crippen LogP contribution < -0.4 is 15.0 Å². The molecule has 2 heterocycles. The van der Waals surface area contributed by atoms with Gasteiger partial charge in [-0.1, -0.05) is 25.5 Å². The van der Waals surface area contributed by atoms with Crippen molar-refractivity contribution in [1.29, 1.82) is 0 Å². The van der Waals surface area contributed by atoms with E-state index in [0.717, 1.165) is 43.9 Å². The van der Waals surface area contributed by atoms with Gasteiger partial charge in [-0.2, -0.15) is 0 Å². The number of fused-ring (bicyclic) bond motifs is 1. The first-order chi connectivity index (χ1) is 15.1. The molecule has 6 heteroatoms. The third-order valence-electron chi connectivity index (χ3n) is 6.11. The van der Waals surface area contributed by atoms with Crippen molar-refractivity contribution in [1.82, 2.24) is 4.90 Å². The Morgan fingerprint density at radius 1 is 1.10 bits per heavy atom. The van der Waals surface area contributed by atoms with Gasteiger partial charge in [-0.25, -0.2) is 0 Å². The number of carbonyl (C=O) groups excluding carboxylic acids is 1. The summed E-state index contributed by atoms with van der Waals surface area (Å²) in [5.74, 6) is 0.709. The molecule has 0 unspecified atom stereocenters. The lowest BCUT2D eigenvalue weighted by Crippen LogP contribution is -2.49. The van der Waals surface area contributed by atoms with E-state index in [1.54, 1.807) is 0 Å². The number of aliphatic hydroxyl groups excluding tert-OH is 1. The standard InChI is InChI=1S/C25H33N3O3/c1-2-3-4-19-5-7-21(8-6-19)28-13-11-27(12-14-28)17-22(29)18-31-23-9-10-24-20(15-23)16-25(30)26-24/h5-10,15,22,29H,2-4,11-14,16-18H2,1H3,(H,26,30)/t22-/m0/s1. The SMILES string of the molecule is CCCCc1ccc(N2CCN(C[C@H](O)COc3ccc4c(c3)CC(=O)N4)CC2)cc1. The van der Waals surface area contributed by atoms with Crippen molar-refractivity contribution >= 4 is 17.3 Å². The summed E-state index contributed by atoms with van der Waals surface area (Å²) >= 11 is 0. The van der Waals surface area contributed by atoms with Gasteiger partial charge in [0.05, 0.1) is 6.42 Å². The number of benzene rings is 2. The van der Waals surface area contributed by atoms with E-state index < -0.39 is 6.10 Å². The summed E-state index contributed by atoms with van der Waals surface area (Å²) in [6, 6.07) is 14.6. The summed E-state index contributed by atoms with van der Waals surface area (Å²) in [5.41, 5.74) is 4.50. The number of aliphatic hydroxyl groups is 1. The molecular formula is C25H33N3O3. The van der Waals surface area contributed by atoms with Crippen LogP contribution in [0.15, 0.2) is 42.5 Å². The van der Waals surface area contributed by atoms with Crippen molar-refractivity contribution < 1.29 is 14.6 Å². The highest BCUT2D eigenvalue weighted by Crippen LogP contribution is 2.27. The van der Waals surface area contributed by atoms with Gasteiger partial charge in [0, 0.05) is 44.1 Å². The number of amides is 1. The maximum Gasteiger partial charge on any atom is 0.228 e. The molecule has 0 aromatic heterocycles. The van der Waals surface area contributed by atoms with Gasteiger partial charge in [0.15, 0.2) is 0 Å². The van der Waals surface area contributed by atoms with E-state index in [1.807, 2.05) is 18.2 Å². The highest BCUT2D eigenvalue weighted by molar-refractivity contribution is 5.99. The first-order valence-electron chi connectivity index (χ1n) is 11.4. The molecule has 0 saturated carbocycles. The van der Waals surface area contributed by atoms with Crippen molar-refractivity contribution in [3.05, 3.63) is 53.6 Å². The fourth-order valence-electron chi connectivity index (χ4n) is 4.28. The van der Waals surface area contributed by atoms with Crippen molar-refractivity contribution in [3.63, 3.8) is 0 Å². The Balaban J connectivity index is 1.19. The van der Waals surface area contributed by atoms with E-state index in [2.05, 4.69) is 46.3 Å². The zero-order chi connectivity index (χ0) is 21.6. The van der Waals surface area contributed by atoms with Gasteiger partial charge in [-0.05, 0) is 54.3 Å². The minimum atomic E-state index is -0.544. The first kappa shape index (κ1) is 21.7. The Bertz CT molecular complexity index is 876. The van der Waals surface area contributed by atoms with E-state index in [1.165, 1.54) is 24.1 Å². The smallest absolute Gasteiger partial charge is 0.228 e. The van der Waals surface area contributed by atoms with Crippen LogP contribution in [0.2, 0.25) is 0 Å². The molecule has 4 rings (SSSR count). The van der Waals surface area contributed by atoms with Gasteiger partial charge < -0.3 is 20.1 Å². The molecule has 0 bridgehead atoms. The lowest BCUT2D eigenvalue weighted by molar-refractivity contribution is -0.115. The van der Waals surface area contributed by atoms with E-state index >= 15 is 0 Å². The van der Waals surface area contributed by atoms with Crippen LogP contribution in [0.25, 0.3) is 0 Å². The second-order valence-corrected chi connectivity index (χ2v) is 8.57. The van der Waals surface area contributed by atoms with E-state index in [9.17, 15) is 9.90 Å². The predicted molar refractivity (Wildman–Crippen MR) is 124 cm³/mol. The molecule has 6 nitrogen and oxygen atoms in total. The number of hydrogen-bond acceptors (Lipinski definition) is 5. The molecule has 2 aromatic carbocycles. The number of piperazine rings is 1. The number of carbonyl (C=O) groups is 1. The van der Waals surface area contributed by atoms with E-state index in [4.69, 9.17) is 4.74 Å². The van der Waals surface area contributed by atoms with Crippen molar-refractivity contribution in [2.24, 2.45) is 0 Å². The van der Waals surface area contributed by atoms with Gasteiger partial charge in [0.2, 0.25) is 5.91 Å². The predicted octanol–water partition coefficient (Wildman–Crippen LogP) is 3.09. The summed E-state index contributed by atoms with van der Waals surface area (Å²) in [4.78, 5) is 16.2. The summed E-state index contributed by atoms with van der Waals surface area (Å²) in [6.45, 7) is 6.88. The lowest BCUT2D eigenvalue weighted by atomic mass is 10.1. The molecule has 0 aliphatic carbocycles. The fraction of sp³-hybridized carbons (Fsp3) is 0.480. The Hall–Kier alpha value is -2.57. The monoisotopic (exact) mass is 423 g/mol. The van der Waals surface area contributed by atoms with Crippen LogP contribution in [-0.2, 0) is 17.6 Å². The molecule has 31 heavy (non-hydrogen) atoms. The van der Waals surface area contributed by atoms with Gasteiger partial charge in [-0.3, -0.25) is 9.69 Å². The molecular weight excluding hydrogens is 390 g/mol. The van der Waals surface area contributed by atoms with Gasteiger partial charge in [0.25, 0.3) is 0 Å². The third-order valence-corrected chi connectivity index (χ3v) is 6.11. The average Bonchev–Trinajstić information content (AvgIpc) is 3.16. The number of nitrogens with one attached hydrogen (secondary N) is 1. The third kappa shape index (κ3) is 5.77. The van der Waals surface area contributed by atoms with Crippen molar-refractivity contribution in [2.75, 3.05) is 49.5 Å². The second-order valence-electron chi connectivity index (χ2n) is 8.57. The highest BCUT2D eigenvalue weighted by atomic mass is 16.5. The Kier molecular flexibility index (Phi) is 7.10. The molecule has 2 N–H and O–H groups in total. The molecule has 2 aliphatic rings. The number of aryl methyl sites for hydroxylation is 1. The lowest BCUT2D eigenvalue weighted by Gasteiger charge is -2.37. The summed E-state index contributed by atoms with van der Waals surface area (Å²) in [6.07, 6.45) is 3.48. The maximum absolute atomic E-state index is 11.5.